The molecule has 5 heterocycles. The monoisotopic (exact) mass is 774 g/mol. The Bertz CT molecular complexity index is 2410. The molecule has 5 aliphatic rings. The molecule has 5 unspecified atom stereocenters. The number of nitrogens with zero attached hydrogens (tertiary/aromatic N) is 7. The lowest BCUT2D eigenvalue weighted by atomic mass is 9.21. The van der Waals surface area contributed by atoms with E-state index in [1.54, 1.807) is 24.4 Å². The highest BCUT2D eigenvalue weighted by Gasteiger charge is 2.92. The highest BCUT2D eigenvalue weighted by atomic mass is 32.1. The number of hydrogen-bond acceptors (Lipinski definition) is 12. The molecule has 4 aliphatic carbocycles. The van der Waals surface area contributed by atoms with Gasteiger partial charge in [0.25, 0.3) is 0 Å². The Morgan fingerprint density at radius 3 is 2.52 bits per heavy atom. The Morgan fingerprint density at radius 1 is 0.946 bits per heavy atom. The second-order valence-electron chi connectivity index (χ2n) is 17.6. The number of benzene rings is 1. The van der Waals surface area contributed by atoms with Gasteiger partial charge in [-0.1, -0.05) is 37.3 Å². The third-order valence-corrected chi connectivity index (χ3v) is 15.2. The number of carboxylic acid groups (broad SMARTS) is 1. The number of aryl methyl sites for hydroxylation is 1. The van der Waals surface area contributed by atoms with Crippen molar-refractivity contribution in [1.82, 2.24) is 34.8 Å². The molecule has 0 radical (unpaired) electrons. The number of carbonyl (C=O) groups is 2. The molecule has 1 aromatic carbocycles. The Kier molecular flexibility index (Phi) is 7.94. The maximum atomic E-state index is 13.6. The molecule has 4 saturated carbocycles. The molecule has 5 atom stereocenters. The third-order valence-electron chi connectivity index (χ3n) is 14.3. The predicted octanol–water partition coefficient (Wildman–Crippen LogP) is 6.71. The first-order valence-corrected chi connectivity index (χ1v) is 20.4. The number of para-hydroxylation sites is 1. The molecule has 4 aromatic heterocycles. The van der Waals surface area contributed by atoms with Gasteiger partial charge in [-0.05, 0) is 98.1 Å². The number of rotatable bonds is 12. The van der Waals surface area contributed by atoms with Gasteiger partial charge in [-0.3, -0.25) is 14.4 Å². The van der Waals surface area contributed by atoms with Gasteiger partial charge in [0.15, 0.2) is 16.6 Å². The fraction of sp³-hybridized carbons (Fsp3) is 0.500. The number of pyridine rings is 1. The number of nitrogens with one attached hydrogen (secondary N) is 1. The van der Waals surface area contributed by atoms with Crippen LogP contribution in [0.4, 0.5) is 10.9 Å². The topological polar surface area (TPSA) is 157 Å². The van der Waals surface area contributed by atoms with E-state index in [1.165, 1.54) is 17.8 Å². The van der Waals surface area contributed by atoms with Gasteiger partial charge in [0.05, 0.1) is 41.8 Å². The number of morpholine rings is 1. The van der Waals surface area contributed by atoms with Crippen LogP contribution >= 0.6 is 11.3 Å². The molecule has 290 valence electrons. The summed E-state index contributed by atoms with van der Waals surface area (Å²) < 4.78 is 15.6. The van der Waals surface area contributed by atoms with E-state index in [0.717, 1.165) is 87.6 Å². The number of anilines is 2. The van der Waals surface area contributed by atoms with Gasteiger partial charge in [0.1, 0.15) is 11.4 Å². The molecule has 2 N–H and O–H groups in total. The fourth-order valence-corrected chi connectivity index (χ4v) is 13.6. The Morgan fingerprint density at radius 2 is 1.75 bits per heavy atom. The molecule has 1 spiro atoms. The molecule has 5 fully saturated rings. The minimum Gasteiger partial charge on any atom is -0.476 e. The smallest absolute Gasteiger partial charge is 0.355 e. The van der Waals surface area contributed by atoms with Crippen molar-refractivity contribution >= 4 is 44.3 Å². The molecule has 14 heteroatoms. The van der Waals surface area contributed by atoms with Crippen LogP contribution < -0.4 is 5.32 Å². The molecule has 56 heavy (non-hydrogen) atoms. The summed E-state index contributed by atoms with van der Waals surface area (Å²) in [5.74, 6) is -1.26. The Hall–Kier alpha value is -4.63. The molecular formula is C42H46N8O5S. The van der Waals surface area contributed by atoms with Crippen LogP contribution in [-0.2, 0) is 16.0 Å². The van der Waals surface area contributed by atoms with Crippen LogP contribution in [0.1, 0.15) is 83.9 Å². The van der Waals surface area contributed by atoms with Crippen molar-refractivity contribution in [3.63, 3.8) is 0 Å². The molecule has 10 rings (SSSR count). The molecule has 1 saturated heterocycles. The van der Waals surface area contributed by atoms with Gasteiger partial charge in [-0.2, -0.15) is 5.10 Å². The van der Waals surface area contributed by atoms with Crippen LogP contribution in [0.5, 0.6) is 0 Å². The number of thiazole rings is 1. The number of aromatic carboxylic acids is 1. The van der Waals surface area contributed by atoms with Gasteiger partial charge < -0.3 is 19.9 Å². The van der Waals surface area contributed by atoms with Crippen LogP contribution in [0, 0.1) is 35.5 Å². The first kappa shape index (κ1) is 35.8. The van der Waals surface area contributed by atoms with Gasteiger partial charge >= 0.3 is 5.97 Å². The summed E-state index contributed by atoms with van der Waals surface area (Å²) in [4.78, 5) is 37.8. The lowest BCUT2D eigenvalue weighted by Gasteiger charge is -2.83. The minimum atomic E-state index is -1.22. The Labute approximate surface area is 328 Å². The lowest BCUT2D eigenvalue weighted by Crippen LogP contribution is -2.78. The molecular weight excluding hydrogens is 729 g/mol. The van der Waals surface area contributed by atoms with Gasteiger partial charge in [-0.25, -0.2) is 14.8 Å². The molecule has 13 nitrogen and oxygen atoms in total. The van der Waals surface area contributed by atoms with Crippen LogP contribution in [-0.4, -0.2) is 96.8 Å². The summed E-state index contributed by atoms with van der Waals surface area (Å²) in [6, 6.07) is 12.7. The largest absolute Gasteiger partial charge is 0.476 e. The summed E-state index contributed by atoms with van der Waals surface area (Å²) >= 11 is 1.50. The Balaban J connectivity index is 0.880. The maximum Gasteiger partial charge on any atom is 0.355 e. The summed E-state index contributed by atoms with van der Waals surface area (Å²) in [6.45, 7) is 14.8. The van der Waals surface area contributed by atoms with Crippen molar-refractivity contribution in [3.05, 3.63) is 77.0 Å². The molecule has 2 bridgehead atoms. The average Bonchev–Trinajstić information content (AvgIpc) is 3.88. The highest BCUT2D eigenvalue weighted by molar-refractivity contribution is 7.22. The van der Waals surface area contributed by atoms with Crippen LogP contribution in [0.25, 0.3) is 21.3 Å². The lowest BCUT2D eigenvalue weighted by molar-refractivity contribution is -0.359. The average molecular weight is 775 g/mol. The number of fused-ring (bicyclic) bond motifs is 2. The summed E-state index contributed by atoms with van der Waals surface area (Å²) in [5.41, 5.74) is 4.16. The van der Waals surface area contributed by atoms with Gasteiger partial charge in [0, 0.05) is 48.4 Å². The van der Waals surface area contributed by atoms with Crippen molar-refractivity contribution in [3.8, 4) is 11.1 Å². The number of hydrogen-bond donors (Lipinski definition) is 2. The van der Waals surface area contributed by atoms with E-state index in [0.29, 0.717) is 33.1 Å². The number of ketones is 1. The number of carbonyl (C=O) groups excluding carboxylic acids is 1. The highest BCUT2D eigenvalue weighted by Crippen LogP contribution is 2.97. The maximum absolute atomic E-state index is 13.6. The summed E-state index contributed by atoms with van der Waals surface area (Å²) in [7, 11) is 0. The van der Waals surface area contributed by atoms with Crippen LogP contribution in [0.2, 0.25) is 0 Å². The van der Waals surface area contributed by atoms with Crippen molar-refractivity contribution < 1.29 is 24.2 Å². The van der Waals surface area contributed by atoms with E-state index >= 15 is 0 Å². The van der Waals surface area contributed by atoms with Crippen molar-refractivity contribution in [2.45, 2.75) is 71.9 Å². The van der Waals surface area contributed by atoms with E-state index < -0.39 is 11.8 Å². The summed E-state index contributed by atoms with van der Waals surface area (Å²) in [6.07, 6.45) is 7.41. The second-order valence-corrected chi connectivity index (χ2v) is 18.6. The van der Waals surface area contributed by atoms with E-state index in [2.05, 4.69) is 48.9 Å². The first-order valence-electron chi connectivity index (χ1n) is 19.6. The third kappa shape index (κ3) is 5.11. The zero-order valence-corrected chi connectivity index (χ0v) is 33.0. The van der Waals surface area contributed by atoms with Crippen LogP contribution in [0.3, 0.4) is 0 Å². The number of carboxylic acids is 1. The number of ether oxygens (including phenoxy) is 2. The minimum absolute atomic E-state index is 0.0197. The van der Waals surface area contributed by atoms with Crippen molar-refractivity contribution in [1.29, 1.82) is 0 Å². The standard InChI is InChI=1S/C42H46N8O5S/c1-25-17-31(47-48-35(25)46-37-45-29-7-5-6-8-32(29)56-37)34(51)30-10-9-27(33(44-30)36(52)53)28-18-43-50(26(28)2)24-40-20-38(3)19-39(4)21-41(22-40,23-42(38,39)40)55-16-13-49-11-14-54-15-12-49/h5-10,17-18H,11-16,19-24H2,1-4H3,(H,52,53)(H,45,46,48). The zero-order chi connectivity index (χ0) is 38.7. The first-order chi connectivity index (χ1) is 26.9. The van der Waals surface area contributed by atoms with E-state index in [4.69, 9.17) is 14.6 Å². The van der Waals surface area contributed by atoms with Gasteiger partial charge in [0.2, 0.25) is 5.78 Å². The fourth-order valence-electron chi connectivity index (χ4n) is 12.7. The van der Waals surface area contributed by atoms with E-state index in [9.17, 15) is 14.7 Å². The molecule has 0 amide bonds. The molecule has 1 aliphatic heterocycles. The summed E-state index contributed by atoms with van der Waals surface area (Å²) in [5, 5.41) is 27.6. The normalized spacial score (nSPS) is 30.2. The zero-order valence-electron chi connectivity index (χ0n) is 32.2. The van der Waals surface area contributed by atoms with Crippen molar-refractivity contribution in [2.75, 3.05) is 44.8 Å². The van der Waals surface area contributed by atoms with E-state index in [1.807, 2.05) is 38.1 Å². The van der Waals surface area contributed by atoms with Crippen molar-refractivity contribution in [2.24, 2.45) is 21.7 Å². The van der Waals surface area contributed by atoms with E-state index in [-0.39, 0.29) is 38.9 Å². The quantitative estimate of drug-likeness (QED) is 0.129. The predicted molar refractivity (Wildman–Crippen MR) is 210 cm³/mol. The van der Waals surface area contributed by atoms with Crippen LogP contribution in [0.15, 0.2) is 48.7 Å². The number of aromatic nitrogens is 6. The second kappa shape index (κ2) is 12.4. The van der Waals surface area contributed by atoms with Gasteiger partial charge in [-0.15, -0.1) is 10.2 Å². The molecule has 5 aromatic rings. The SMILES string of the molecule is Cc1cc(C(=O)c2ccc(-c3cnn(CC45CC6(OCCN7CCOCC7)CC7(C)CC(C)(C4)C75C6)c3C)c(C(=O)O)n2)nnc1Nc1nc2ccccc2s1.